The van der Waals surface area contributed by atoms with Crippen LogP contribution in [0, 0.1) is 0 Å². The van der Waals surface area contributed by atoms with Crippen LogP contribution in [0.25, 0.3) is 0 Å². The molecule has 2 aromatic carbocycles. The molecule has 2 N–H and O–H groups in total. The number of hydrogen-bond acceptors (Lipinski definition) is 3. The highest BCUT2D eigenvalue weighted by Crippen LogP contribution is 2.29. The zero-order chi connectivity index (χ0) is 15.2. The van der Waals surface area contributed by atoms with Crippen molar-refractivity contribution in [3.8, 4) is 5.75 Å². The summed E-state index contributed by atoms with van der Waals surface area (Å²) in [7, 11) is 0. The van der Waals surface area contributed by atoms with Gasteiger partial charge in [-0.1, -0.05) is 11.6 Å². The summed E-state index contributed by atoms with van der Waals surface area (Å²) in [5.41, 5.74) is 6.77. The van der Waals surface area contributed by atoms with E-state index in [-0.39, 0.29) is 0 Å². The predicted molar refractivity (Wildman–Crippen MR) is 87.1 cm³/mol. The van der Waals surface area contributed by atoms with Crippen molar-refractivity contribution in [2.24, 2.45) is 5.73 Å². The van der Waals surface area contributed by atoms with Gasteiger partial charge >= 0.3 is 0 Å². The van der Waals surface area contributed by atoms with E-state index in [1.807, 2.05) is 31.2 Å². The first-order chi connectivity index (χ1) is 10.1. The number of amides is 1. The van der Waals surface area contributed by atoms with Crippen molar-refractivity contribution in [2.75, 3.05) is 6.61 Å². The van der Waals surface area contributed by atoms with E-state index in [9.17, 15) is 4.79 Å². The Morgan fingerprint density at radius 3 is 2.57 bits per heavy atom. The van der Waals surface area contributed by atoms with Crippen LogP contribution in [-0.2, 0) is 5.75 Å². The summed E-state index contributed by atoms with van der Waals surface area (Å²) in [5.74, 6) is 1.04. The van der Waals surface area contributed by atoms with Gasteiger partial charge < -0.3 is 10.5 Å². The minimum Gasteiger partial charge on any atom is -0.494 e. The highest BCUT2D eigenvalue weighted by atomic mass is 35.5. The van der Waals surface area contributed by atoms with Crippen molar-refractivity contribution >= 4 is 29.3 Å². The maximum Gasteiger partial charge on any atom is 0.248 e. The Morgan fingerprint density at radius 2 is 1.95 bits per heavy atom. The quantitative estimate of drug-likeness (QED) is 0.814. The second kappa shape index (κ2) is 7.38. The largest absolute Gasteiger partial charge is 0.494 e. The molecule has 3 nitrogen and oxygen atoms in total. The first kappa shape index (κ1) is 15.7. The van der Waals surface area contributed by atoms with Crippen molar-refractivity contribution in [3.63, 3.8) is 0 Å². The maximum absolute atomic E-state index is 11.3. The summed E-state index contributed by atoms with van der Waals surface area (Å²) < 4.78 is 5.59. The predicted octanol–water partition coefficient (Wildman–Crippen LogP) is 4.13. The van der Waals surface area contributed by atoms with Crippen LogP contribution in [0.2, 0.25) is 5.02 Å². The Hall–Kier alpha value is -1.65. The van der Waals surface area contributed by atoms with E-state index < -0.39 is 5.91 Å². The number of carbonyl (C=O) groups excluding carboxylic acids is 1. The number of primary amides is 1. The number of ether oxygens (including phenoxy) is 1. The molecule has 0 atom stereocenters. The fraction of sp³-hybridized carbons (Fsp3) is 0.188. The molecule has 0 spiro atoms. The normalized spacial score (nSPS) is 10.4. The number of thioether (sulfide) groups is 1. The minimum atomic E-state index is -0.434. The van der Waals surface area contributed by atoms with Crippen molar-refractivity contribution in [1.29, 1.82) is 0 Å². The number of rotatable bonds is 6. The molecule has 0 unspecified atom stereocenters. The summed E-state index contributed by atoms with van der Waals surface area (Å²) in [4.78, 5) is 12.4. The molecule has 21 heavy (non-hydrogen) atoms. The molecule has 0 aliphatic heterocycles. The maximum atomic E-state index is 11.3. The number of nitrogens with two attached hydrogens (primary N) is 1. The van der Waals surface area contributed by atoms with Crippen LogP contribution in [0.1, 0.15) is 22.8 Å². The van der Waals surface area contributed by atoms with Gasteiger partial charge in [-0.3, -0.25) is 4.79 Å². The van der Waals surface area contributed by atoms with Gasteiger partial charge in [0.2, 0.25) is 5.91 Å². The van der Waals surface area contributed by atoms with Crippen LogP contribution in [0.4, 0.5) is 0 Å². The van der Waals surface area contributed by atoms with Gasteiger partial charge in [0.15, 0.2) is 0 Å². The monoisotopic (exact) mass is 321 g/mol. The van der Waals surface area contributed by atoms with E-state index in [4.69, 9.17) is 22.1 Å². The van der Waals surface area contributed by atoms with Crippen molar-refractivity contribution in [1.82, 2.24) is 0 Å². The minimum absolute atomic E-state index is 0.434. The second-order valence-corrected chi connectivity index (χ2v) is 5.85. The summed E-state index contributed by atoms with van der Waals surface area (Å²) in [6.45, 7) is 2.51. The lowest BCUT2D eigenvalue weighted by Crippen LogP contribution is -2.11. The standard InChI is InChI=1S/C16H16ClNO2S/c1-2-20-15-8-3-11(16(18)19)9-12(15)10-21-14-6-4-13(17)5-7-14/h3-9H,2,10H2,1H3,(H2,18,19). The lowest BCUT2D eigenvalue weighted by molar-refractivity contribution is 0.1000. The highest BCUT2D eigenvalue weighted by Gasteiger charge is 2.09. The lowest BCUT2D eigenvalue weighted by atomic mass is 10.1. The molecular weight excluding hydrogens is 306 g/mol. The van der Waals surface area contributed by atoms with Gasteiger partial charge in [0.05, 0.1) is 6.61 Å². The molecule has 2 aromatic rings. The van der Waals surface area contributed by atoms with Crippen molar-refractivity contribution in [3.05, 3.63) is 58.6 Å². The third kappa shape index (κ3) is 4.41. The first-order valence-electron chi connectivity index (χ1n) is 6.54. The van der Waals surface area contributed by atoms with Crippen LogP contribution in [0.15, 0.2) is 47.4 Å². The van der Waals surface area contributed by atoms with Gasteiger partial charge in [-0.15, -0.1) is 11.8 Å². The smallest absolute Gasteiger partial charge is 0.248 e. The van der Waals surface area contributed by atoms with E-state index >= 15 is 0 Å². The molecule has 1 amide bonds. The Bertz CT molecular complexity index is 629. The van der Waals surface area contributed by atoms with Gasteiger partial charge in [-0.05, 0) is 49.4 Å². The molecule has 0 heterocycles. The topological polar surface area (TPSA) is 52.3 Å². The molecule has 5 heteroatoms. The Morgan fingerprint density at radius 1 is 1.24 bits per heavy atom. The van der Waals surface area contributed by atoms with E-state index in [2.05, 4.69) is 0 Å². The highest BCUT2D eigenvalue weighted by molar-refractivity contribution is 7.98. The average molecular weight is 322 g/mol. The molecule has 0 bridgehead atoms. The number of benzene rings is 2. The molecule has 0 saturated heterocycles. The summed E-state index contributed by atoms with van der Waals surface area (Å²) in [6.07, 6.45) is 0. The van der Waals surface area contributed by atoms with Crippen LogP contribution in [0.3, 0.4) is 0 Å². The zero-order valence-electron chi connectivity index (χ0n) is 11.6. The average Bonchev–Trinajstić information content (AvgIpc) is 2.48. The van der Waals surface area contributed by atoms with Gasteiger partial charge in [0.1, 0.15) is 5.75 Å². The number of carbonyl (C=O) groups is 1. The third-order valence-electron chi connectivity index (χ3n) is 2.85. The molecule has 0 aromatic heterocycles. The van der Waals surface area contributed by atoms with Gasteiger partial charge in [0.25, 0.3) is 0 Å². The SMILES string of the molecule is CCOc1ccc(C(N)=O)cc1CSc1ccc(Cl)cc1. The molecule has 0 radical (unpaired) electrons. The van der Waals surface area contributed by atoms with Crippen LogP contribution < -0.4 is 10.5 Å². The molecule has 0 aliphatic carbocycles. The Balaban J connectivity index is 2.17. The fourth-order valence-electron chi connectivity index (χ4n) is 1.83. The van der Waals surface area contributed by atoms with Crippen LogP contribution in [0.5, 0.6) is 5.75 Å². The Labute approximate surface area is 133 Å². The van der Waals surface area contributed by atoms with E-state index in [1.165, 1.54) is 0 Å². The number of hydrogen-bond donors (Lipinski definition) is 1. The molecule has 2 rings (SSSR count). The fourth-order valence-corrected chi connectivity index (χ4v) is 2.84. The molecule has 0 aliphatic rings. The molecule has 0 fully saturated rings. The van der Waals surface area contributed by atoms with Crippen LogP contribution in [-0.4, -0.2) is 12.5 Å². The number of halogens is 1. The van der Waals surface area contributed by atoms with Crippen LogP contribution >= 0.6 is 23.4 Å². The second-order valence-electron chi connectivity index (χ2n) is 4.36. The molecular formula is C16H16ClNO2S. The zero-order valence-corrected chi connectivity index (χ0v) is 13.2. The van der Waals surface area contributed by atoms with Gasteiger partial charge in [-0.2, -0.15) is 0 Å². The summed E-state index contributed by atoms with van der Waals surface area (Å²) >= 11 is 7.52. The summed E-state index contributed by atoms with van der Waals surface area (Å²) in [5, 5.41) is 0.713. The van der Waals surface area contributed by atoms with Gasteiger partial charge in [-0.25, -0.2) is 0 Å². The lowest BCUT2D eigenvalue weighted by Gasteiger charge is -2.11. The first-order valence-corrected chi connectivity index (χ1v) is 7.90. The molecule has 110 valence electrons. The van der Waals surface area contributed by atoms with E-state index in [0.29, 0.717) is 22.9 Å². The van der Waals surface area contributed by atoms with E-state index in [1.54, 1.807) is 30.0 Å². The summed E-state index contributed by atoms with van der Waals surface area (Å²) in [6, 6.07) is 12.9. The third-order valence-corrected chi connectivity index (χ3v) is 4.17. The Kier molecular flexibility index (Phi) is 5.53. The van der Waals surface area contributed by atoms with Crippen molar-refractivity contribution < 1.29 is 9.53 Å². The van der Waals surface area contributed by atoms with Crippen molar-refractivity contribution in [2.45, 2.75) is 17.6 Å². The molecule has 0 saturated carbocycles. The van der Waals surface area contributed by atoms with Gasteiger partial charge in [0, 0.05) is 26.8 Å². The van der Waals surface area contributed by atoms with E-state index in [0.717, 1.165) is 16.2 Å².